The quantitative estimate of drug-likeness (QED) is 0.871. The fourth-order valence-corrected chi connectivity index (χ4v) is 3.61. The first-order valence-electron chi connectivity index (χ1n) is 6.16. The van der Waals surface area contributed by atoms with Gasteiger partial charge in [0.2, 0.25) is 0 Å². The second-order valence-electron chi connectivity index (χ2n) is 4.81. The first-order chi connectivity index (χ1) is 7.72. The van der Waals surface area contributed by atoms with Crippen molar-refractivity contribution in [2.24, 2.45) is 0 Å². The third-order valence-corrected chi connectivity index (χ3v) is 4.91. The van der Waals surface area contributed by atoms with E-state index >= 15 is 0 Å². The van der Waals surface area contributed by atoms with Crippen molar-refractivity contribution in [3.63, 3.8) is 0 Å². The number of thiophene rings is 1. The zero-order valence-corrected chi connectivity index (χ0v) is 11.3. The molecule has 0 aliphatic heterocycles. The van der Waals surface area contributed by atoms with Crippen molar-refractivity contribution in [2.45, 2.75) is 44.7 Å². The van der Waals surface area contributed by atoms with Crippen LogP contribution in [-0.2, 0) is 0 Å². The lowest BCUT2D eigenvalue weighted by Gasteiger charge is -2.35. The summed E-state index contributed by atoms with van der Waals surface area (Å²) in [5.41, 5.74) is 1.42. The normalized spacial score (nSPS) is 25.7. The number of rotatable bonds is 3. The zero-order valence-electron chi connectivity index (χ0n) is 10.5. The fourth-order valence-electron chi connectivity index (χ4n) is 2.64. The van der Waals surface area contributed by atoms with Gasteiger partial charge in [-0.1, -0.05) is 0 Å². The Balaban J connectivity index is 1.97. The molecule has 0 aromatic carbocycles. The molecule has 2 rings (SSSR count). The molecule has 0 saturated heterocycles. The van der Waals surface area contributed by atoms with Crippen LogP contribution in [0.2, 0.25) is 0 Å². The molecule has 1 aromatic rings. The molecule has 1 heterocycles. The molecule has 1 aliphatic carbocycles. The minimum Gasteiger partial charge on any atom is -0.363 e. The van der Waals surface area contributed by atoms with Crippen molar-refractivity contribution in [3.05, 3.63) is 17.0 Å². The van der Waals surface area contributed by atoms with E-state index in [4.69, 9.17) is 0 Å². The first kappa shape index (κ1) is 11.9. The first-order valence-corrected chi connectivity index (χ1v) is 7.04. The molecular formula is C13H22N2S. The van der Waals surface area contributed by atoms with E-state index in [0.717, 1.165) is 12.1 Å². The molecule has 1 fully saturated rings. The van der Waals surface area contributed by atoms with Crippen LogP contribution in [0.1, 0.15) is 31.2 Å². The van der Waals surface area contributed by atoms with Gasteiger partial charge in [0.1, 0.15) is 0 Å². The topological polar surface area (TPSA) is 15.3 Å². The van der Waals surface area contributed by atoms with Crippen molar-refractivity contribution in [1.29, 1.82) is 0 Å². The Morgan fingerprint density at radius 1 is 1.31 bits per heavy atom. The Bertz CT molecular complexity index is 326. The molecule has 0 unspecified atom stereocenters. The summed E-state index contributed by atoms with van der Waals surface area (Å²) < 4.78 is 0. The summed E-state index contributed by atoms with van der Waals surface area (Å²) in [7, 11) is 4.33. The van der Waals surface area contributed by atoms with E-state index in [0.29, 0.717) is 0 Å². The van der Waals surface area contributed by atoms with E-state index in [1.54, 1.807) is 0 Å². The maximum atomic E-state index is 3.39. The van der Waals surface area contributed by atoms with Gasteiger partial charge in [0.15, 0.2) is 0 Å². The molecule has 0 amide bonds. The second-order valence-corrected chi connectivity index (χ2v) is 5.71. The van der Waals surface area contributed by atoms with Gasteiger partial charge in [-0.15, -0.1) is 11.3 Å². The Labute approximate surface area is 103 Å². The Kier molecular flexibility index (Phi) is 3.87. The van der Waals surface area contributed by atoms with Crippen molar-refractivity contribution in [2.75, 3.05) is 19.0 Å². The smallest absolute Gasteiger partial charge is 0.0938 e. The monoisotopic (exact) mass is 238 g/mol. The van der Waals surface area contributed by atoms with E-state index in [1.165, 1.54) is 36.2 Å². The van der Waals surface area contributed by atoms with Crippen LogP contribution >= 0.6 is 11.3 Å². The maximum absolute atomic E-state index is 3.39. The number of nitrogens with zero attached hydrogens (tertiary/aromatic N) is 1. The summed E-state index contributed by atoms with van der Waals surface area (Å²) in [5.74, 6) is 0. The average molecular weight is 238 g/mol. The largest absolute Gasteiger partial charge is 0.363 e. The van der Waals surface area contributed by atoms with Crippen LogP contribution in [0, 0.1) is 6.92 Å². The molecule has 16 heavy (non-hydrogen) atoms. The molecule has 1 saturated carbocycles. The van der Waals surface area contributed by atoms with E-state index in [-0.39, 0.29) is 0 Å². The molecular weight excluding hydrogens is 216 g/mol. The molecule has 0 bridgehead atoms. The Morgan fingerprint density at radius 2 is 2.00 bits per heavy atom. The standard InChI is InChI=1S/C13H22N2S/c1-10-8-9-16-13(10)15(3)12-6-4-11(14-2)5-7-12/h8-9,11-12,14H,4-7H2,1-3H3. The third-order valence-electron chi connectivity index (χ3n) is 3.81. The maximum Gasteiger partial charge on any atom is 0.0938 e. The van der Waals surface area contributed by atoms with Gasteiger partial charge in [-0.25, -0.2) is 0 Å². The van der Waals surface area contributed by atoms with Crippen LogP contribution in [0.5, 0.6) is 0 Å². The highest BCUT2D eigenvalue weighted by Crippen LogP contribution is 2.31. The van der Waals surface area contributed by atoms with Crippen molar-refractivity contribution in [1.82, 2.24) is 5.32 Å². The van der Waals surface area contributed by atoms with Crippen molar-refractivity contribution < 1.29 is 0 Å². The van der Waals surface area contributed by atoms with Crippen LogP contribution < -0.4 is 10.2 Å². The Morgan fingerprint density at radius 3 is 2.50 bits per heavy atom. The van der Waals surface area contributed by atoms with E-state index < -0.39 is 0 Å². The number of nitrogens with one attached hydrogen (secondary N) is 1. The molecule has 2 nitrogen and oxygen atoms in total. The summed E-state index contributed by atoms with van der Waals surface area (Å²) in [6.07, 6.45) is 5.27. The highest BCUT2D eigenvalue weighted by Gasteiger charge is 2.24. The predicted octanol–water partition coefficient (Wildman–Crippen LogP) is 3.02. The van der Waals surface area contributed by atoms with Gasteiger partial charge >= 0.3 is 0 Å². The lowest BCUT2D eigenvalue weighted by Crippen LogP contribution is -2.39. The third kappa shape index (κ3) is 2.41. The highest BCUT2D eigenvalue weighted by molar-refractivity contribution is 7.14. The predicted molar refractivity (Wildman–Crippen MR) is 72.6 cm³/mol. The summed E-state index contributed by atoms with van der Waals surface area (Å²) in [5, 5.41) is 7.04. The highest BCUT2D eigenvalue weighted by atomic mass is 32.1. The fraction of sp³-hybridized carbons (Fsp3) is 0.692. The lowest BCUT2D eigenvalue weighted by molar-refractivity contribution is 0.352. The number of hydrogen-bond acceptors (Lipinski definition) is 3. The molecule has 3 heteroatoms. The molecule has 1 aromatic heterocycles. The van der Waals surface area contributed by atoms with Gasteiger partial charge in [0, 0.05) is 19.1 Å². The summed E-state index contributed by atoms with van der Waals surface area (Å²) in [6, 6.07) is 3.70. The van der Waals surface area contributed by atoms with Crippen molar-refractivity contribution >= 4 is 16.3 Å². The van der Waals surface area contributed by atoms with Crippen LogP contribution in [0.3, 0.4) is 0 Å². The van der Waals surface area contributed by atoms with Crippen LogP contribution in [-0.4, -0.2) is 26.2 Å². The van der Waals surface area contributed by atoms with Gasteiger partial charge in [-0.05, 0) is 56.7 Å². The summed E-state index contributed by atoms with van der Waals surface area (Å²) in [4.78, 5) is 2.49. The lowest BCUT2D eigenvalue weighted by atomic mass is 9.90. The second kappa shape index (κ2) is 5.19. The van der Waals surface area contributed by atoms with Gasteiger partial charge < -0.3 is 10.2 Å². The average Bonchev–Trinajstić information content (AvgIpc) is 2.75. The molecule has 0 radical (unpaired) electrons. The SMILES string of the molecule is CNC1CCC(N(C)c2sccc2C)CC1. The molecule has 1 aliphatic rings. The van der Waals surface area contributed by atoms with Crippen LogP contribution in [0.15, 0.2) is 11.4 Å². The molecule has 0 spiro atoms. The zero-order chi connectivity index (χ0) is 11.5. The molecule has 90 valence electrons. The Hall–Kier alpha value is -0.540. The number of hydrogen-bond donors (Lipinski definition) is 1. The summed E-state index contributed by atoms with van der Waals surface area (Å²) >= 11 is 1.87. The number of anilines is 1. The summed E-state index contributed by atoms with van der Waals surface area (Å²) in [6.45, 7) is 2.21. The van der Waals surface area contributed by atoms with Gasteiger partial charge in [0.25, 0.3) is 0 Å². The minimum absolute atomic E-state index is 0.738. The molecule has 1 N–H and O–H groups in total. The van der Waals surface area contributed by atoms with Gasteiger partial charge in [0.05, 0.1) is 5.00 Å². The van der Waals surface area contributed by atoms with Gasteiger partial charge in [-0.3, -0.25) is 0 Å². The van der Waals surface area contributed by atoms with E-state index in [1.807, 2.05) is 11.3 Å². The number of aryl methyl sites for hydroxylation is 1. The van der Waals surface area contributed by atoms with Crippen LogP contribution in [0.25, 0.3) is 0 Å². The van der Waals surface area contributed by atoms with E-state index in [2.05, 4.69) is 42.7 Å². The minimum atomic E-state index is 0.738. The van der Waals surface area contributed by atoms with Crippen molar-refractivity contribution in [3.8, 4) is 0 Å². The van der Waals surface area contributed by atoms with E-state index in [9.17, 15) is 0 Å². The van der Waals surface area contributed by atoms with Crippen LogP contribution in [0.4, 0.5) is 5.00 Å². The molecule has 0 atom stereocenters. The van der Waals surface area contributed by atoms with Gasteiger partial charge in [-0.2, -0.15) is 0 Å².